The Kier molecular flexibility index (Phi) is 5.46. The fraction of sp³-hybridized carbons (Fsp3) is 0.267. The van der Waals surface area contributed by atoms with Crippen molar-refractivity contribution in [1.29, 1.82) is 0 Å². The Hall–Kier alpha value is -1.99. The summed E-state index contributed by atoms with van der Waals surface area (Å²) in [6.45, 7) is 0.329. The lowest BCUT2D eigenvalue weighted by molar-refractivity contribution is 0.243. The number of halogens is 2. The summed E-state index contributed by atoms with van der Waals surface area (Å²) in [4.78, 5) is 14.9. The number of hydrogen-bond acceptors (Lipinski definition) is 3. The quantitative estimate of drug-likeness (QED) is 0.884. The van der Waals surface area contributed by atoms with Gasteiger partial charge in [-0.15, -0.1) is 11.3 Å². The van der Waals surface area contributed by atoms with Crippen LogP contribution in [0.15, 0.2) is 35.7 Å². The number of carbonyl (C=O) groups excluding carboxylic acids is 1. The van der Waals surface area contributed by atoms with Gasteiger partial charge in [-0.05, 0) is 37.7 Å². The van der Waals surface area contributed by atoms with Gasteiger partial charge in [0.05, 0.1) is 6.04 Å². The molecule has 0 bridgehead atoms. The third-order valence-corrected chi connectivity index (χ3v) is 4.13. The van der Waals surface area contributed by atoms with Crippen molar-refractivity contribution in [3.8, 4) is 0 Å². The Morgan fingerprint density at radius 1 is 1.23 bits per heavy atom. The maximum absolute atomic E-state index is 13.5. The SMILES string of the molecule is CN(C)C(CNC(=O)Nc1c(F)cccc1F)c1cccs1. The third-order valence-electron chi connectivity index (χ3n) is 3.15. The first-order chi connectivity index (χ1) is 10.5. The van der Waals surface area contributed by atoms with Gasteiger partial charge in [-0.2, -0.15) is 0 Å². The zero-order valence-electron chi connectivity index (χ0n) is 12.3. The minimum Gasteiger partial charge on any atom is -0.336 e. The van der Waals surface area contributed by atoms with Crippen molar-refractivity contribution in [2.45, 2.75) is 6.04 Å². The average molecular weight is 325 g/mol. The van der Waals surface area contributed by atoms with E-state index in [4.69, 9.17) is 0 Å². The first kappa shape index (κ1) is 16.4. The van der Waals surface area contributed by atoms with Gasteiger partial charge in [-0.3, -0.25) is 0 Å². The molecule has 0 saturated heterocycles. The molecule has 2 amide bonds. The van der Waals surface area contributed by atoms with Gasteiger partial charge in [0.15, 0.2) is 0 Å². The molecule has 7 heteroatoms. The van der Waals surface area contributed by atoms with Crippen LogP contribution in [0, 0.1) is 11.6 Å². The summed E-state index contributed by atoms with van der Waals surface area (Å²) in [5, 5.41) is 6.80. The van der Waals surface area contributed by atoms with Gasteiger partial charge in [0.2, 0.25) is 0 Å². The van der Waals surface area contributed by atoms with Crippen LogP contribution in [0.25, 0.3) is 0 Å². The molecule has 1 heterocycles. The van der Waals surface area contributed by atoms with Crippen molar-refractivity contribution in [1.82, 2.24) is 10.2 Å². The van der Waals surface area contributed by atoms with E-state index in [-0.39, 0.29) is 6.04 Å². The summed E-state index contributed by atoms with van der Waals surface area (Å²) in [6, 6.07) is 6.69. The summed E-state index contributed by atoms with van der Waals surface area (Å²) in [5.41, 5.74) is -0.447. The van der Waals surface area contributed by atoms with Gasteiger partial charge in [-0.1, -0.05) is 12.1 Å². The number of amides is 2. The summed E-state index contributed by atoms with van der Waals surface area (Å²) < 4.78 is 26.9. The highest BCUT2D eigenvalue weighted by Crippen LogP contribution is 2.22. The summed E-state index contributed by atoms with van der Waals surface area (Å²) >= 11 is 1.59. The van der Waals surface area contributed by atoms with E-state index < -0.39 is 23.4 Å². The van der Waals surface area contributed by atoms with E-state index in [1.165, 1.54) is 6.07 Å². The second-order valence-electron chi connectivity index (χ2n) is 4.93. The molecule has 0 aliphatic rings. The van der Waals surface area contributed by atoms with Gasteiger partial charge in [0.1, 0.15) is 17.3 Å². The molecule has 1 atom stereocenters. The van der Waals surface area contributed by atoms with Crippen LogP contribution in [-0.4, -0.2) is 31.6 Å². The molecule has 1 aromatic carbocycles. The lowest BCUT2D eigenvalue weighted by Gasteiger charge is -2.23. The van der Waals surface area contributed by atoms with Gasteiger partial charge in [0.25, 0.3) is 0 Å². The number of anilines is 1. The fourth-order valence-corrected chi connectivity index (χ4v) is 2.91. The topological polar surface area (TPSA) is 44.4 Å². The molecule has 0 radical (unpaired) electrons. The molecule has 1 unspecified atom stereocenters. The number of nitrogens with one attached hydrogen (secondary N) is 2. The zero-order chi connectivity index (χ0) is 16.1. The maximum atomic E-state index is 13.5. The van der Waals surface area contributed by atoms with Crippen LogP contribution in [0.3, 0.4) is 0 Å². The number of nitrogens with zero attached hydrogens (tertiary/aromatic N) is 1. The Morgan fingerprint density at radius 2 is 1.91 bits per heavy atom. The first-order valence-corrected chi connectivity index (χ1v) is 7.55. The van der Waals surface area contributed by atoms with Gasteiger partial charge >= 0.3 is 6.03 Å². The molecule has 1 aromatic heterocycles. The number of para-hydroxylation sites is 1. The Morgan fingerprint density at radius 3 is 2.45 bits per heavy atom. The molecule has 118 valence electrons. The normalized spacial score (nSPS) is 12.2. The highest BCUT2D eigenvalue weighted by atomic mass is 32.1. The number of thiophene rings is 1. The van der Waals surface area contributed by atoms with Crippen molar-refractivity contribution < 1.29 is 13.6 Å². The van der Waals surface area contributed by atoms with E-state index in [2.05, 4.69) is 10.6 Å². The molecule has 2 aromatic rings. The summed E-state index contributed by atoms with van der Waals surface area (Å²) in [5.74, 6) is -1.62. The van der Waals surface area contributed by atoms with E-state index in [9.17, 15) is 13.6 Å². The van der Waals surface area contributed by atoms with Crippen LogP contribution < -0.4 is 10.6 Å². The van der Waals surface area contributed by atoms with Gasteiger partial charge < -0.3 is 15.5 Å². The minimum absolute atomic E-state index is 0.00350. The number of hydrogen-bond donors (Lipinski definition) is 2. The van der Waals surface area contributed by atoms with Crippen LogP contribution in [0.2, 0.25) is 0 Å². The number of urea groups is 1. The molecule has 2 N–H and O–H groups in total. The maximum Gasteiger partial charge on any atom is 0.319 e. The Labute approximate surface area is 131 Å². The zero-order valence-corrected chi connectivity index (χ0v) is 13.1. The molecular formula is C15H17F2N3OS. The highest BCUT2D eigenvalue weighted by Gasteiger charge is 2.17. The van der Waals surface area contributed by atoms with Crippen molar-refractivity contribution >= 4 is 23.1 Å². The number of rotatable bonds is 5. The molecule has 2 rings (SSSR count). The van der Waals surface area contributed by atoms with E-state index in [1.54, 1.807) is 11.3 Å². The molecule has 0 fully saturated rings. The monoisotopic (exact) mass is 325 g/mol. The van der Waals surface area contributed by atoms with Gasteiger partial charge in [-0.25, -0.2) is 13.6 Å². The van der Waals surface area contributed by atoms with E-state index in [1.807, 2.05) is 36.5 Å². The number of benzene rings is 1. The van der Waals surface area contributed by atoms with Crippen LogP contribution in [0.4, 0.5) is 19.3 Å². The smallest absolute Gasteiger partial charge is 0.319 e. The highest BCUT2D eigenvalue weighted by molar-refractivity contribution is 7.10. The van der Waals surface area contributed by atoms with Crippen LogP contribution in [0.1, 0.15) is 10.9 Å². The van der Waals surface area contributed by atoms with Gasteiger partial charge in [0, 0.05) is 11.4 Å². The Balaban J connectivity index is 1.97. The van der Waals surface area contributed by atoms with Crippen LogP contribution >= 0.6 is 11.3 Å². The number of likely N-dealkylation sites (N-methyl/N-ethyl adjacent to an activating group) is 1. The van der Waals surface area contributed by atoms with E-state index in [0.29, 0.717) is 6.54 Å². The predicted octanol–water partition coefficient (Wildman–Crippen LogP) is 3.45. The Bertz CT molecular complexity index is 611. The average Bonchev–Trinajstić information content (AvgIpc) is 2.97. The lowest BCUT2D eigenvalue weighted by Crippen LogP contribution is -2.36. The molecule has 0 saturated carbocycles. The fourth-order valence-electron chi connectivity index (χ4n) is 1.98. The molecule has 0 spiro atoms. The second-order valence-corrected chi connectivity index (χ2v) is 5.91. The summed E-state index contributed by atoms with van der Waals surface area (Å²) in [6.07, 6.45) is 0. The molecule has 0 aliphatic carbocycles. The van der Waals surface area contributed by atoms with Crippen molar-refractivity contribution in [2.24, 2.45) is 0 Å². The van der Waals surface area contributed by atoms with E-state index in [0.717, 1.165) is 17.0 Å². The molecular weight excluding hydrogens is 308 g/mol. The van der Waals surface area contributed by atoms with Crippen molar-refractivity contribution in [3.63, 3.8) is 0 Å². The summed E-state index contributed by atoms with van der Waals surface area (Å²) in [7, 11) is 3.81. The minimum atomic E-state index is -0.808. The molecule has 0 aliphatic heterocycles. The lowest BCUT2D eigenvalue weighted by atomic mass is 10.2. The largest absolute Gasteiger partial charge is 0.336 e. The van der Waals surface area contributed by atoms with Crippen molar-refractivity contribution in [3.05, 3.63) is 52.2 Å². The number of carbonyl (C=O) groups is 1. The van der Waals surface area contributed by atoms with Crippen molar-refractivity contribution in [2.75, 3.05) is 26.0 Å². The predicted molar refractivity (Wildman–Crippen MR) is 84.1 cm³/mol. The second kappa shape index (κ2) is 7.33. The standard InChI is InChI=1S/C15H17F2N3OS/c1-20(2)12(13-7-4-8-22-13)9-18-15(21)19-14-10(16)5-3-6-11(14)17/h3-8,12H,9H2,1-2H3,(H2,18,19,21). The van der Waals surface area contributed by atoms with Crippen LogP contribution in [0.5, 0.6) is 0 Å². The third kappa shape index (κ3) is 4.02. The van der Waals surface area contributed by atoms with Crippen LogP contribution in [-0.2, 0) is 0 Å². The first-order valence-electron chi connectivity index (χ1n) is 6.67. The molecule has 22 heavy (non-hydrogen) atoms. The van der Waals surface area contributed by atoms with E-state index >= 15 is 0 Å². The molecule has 4 nitrogen and oxygen atoms in total.